The van der Waals surface area contributed by atoms with E-state index in [0.29, 0.717) is 33.5 Å². The minimum Gasteiger partial charge on any atom is -0.493 e. The lowest BCUT2D eigenvalue weighted by Gasteiger charge is -2.30. The standard InChI is InChI=1S/C26H32Cl2N2O4/c1-17(26(32)29-19-7-4-5-8-19)30(16-20-21(27)9-6-10-22(20)28)25(31)14-12-18-11-13-23(33-2)24(15-18)34-3/h6,9-11,13,15,17,19H,4-5,7-8,12,14,16H2,1-3H3,(H,29,32). The molecule has 0 aromatic heterocycles. The number of methoxy groups -OCH3 is 2. The number of nitrogens with zero attached hydrogens (tertiary/aromatic N) is 1. The summed E-state index contributed by atoms with van der Waals surface area (Å²) in [5.74, 6) is 0.927. The van der Waals surface area contributed by atoms with Gasteiger partial charge in [0, 0.05) is 34.6 Å². The zero-order valence-electron chi connectivity index (χ0n) is 19.9. The summed E-state index contributed by atoms with van der Waals surface area (Å²) in [6.07, 6.45) is 4.89. The van der Waals surface area contributed by atoms with Gasteiger partial charge in [-0.2, -0.15) is 0 Å². The van der Waals surface area contributed by atoms with Gasteiger partial charge >= 0.3 is 0 Å². The molecular formula is C26H32Cl2N2O4. The number of rotatable bonds is 10. The molecule has 8 heteroatoms. The van der Waals surface area contributed by atoms with Crippen molar-refractivity contribution in [3.8, 4) is 11.5 Å². The van der Waals surface area contributed by atoms with Crippen LogP contribution in [0.2, 0.25) is 10.0 Å². The number of carbonyl (C=O) groups is 2. The Hall–Kier alpha value is -2.44. The second-order valence-corrected chi connectivity index (χ2v) is 9.39. The first kappa shape index (κ1) is 26.2. The first-order valence-electron chi connectivity index (χ1n) is 11.6. The molecule has 1 aliphatic carbocycles. The lowest BCUT2D eigenvalue weighted by atomic mass is 10.1. The first-order valence-corrected chi connectivity index (χ1v) is 12.3. The van der Waals surface area contributed by atoms with E-state index < -0.39 is 6.04 Å². The van der Waals surface area contributed by atoms with Gasteiger partial charge in [-0.1, -0.05) is 48.2 Å². The highest BCUT2D eigenvalue weighted by Crippen LogP contribution is 2.29. The van der Waals surface area contributed by atoms with E-state index in [1.807, 2.05) is 18.2 Å². The maximum absolute atomic E-state index is 13.4. The zero-order valence-corrected chi connectivity index (χ0v) is 21.4. The molecule has 0 saturated heterocycles. The monoisotopic (exact) mass is 506 g/mol. The molecule has 1 fully saturated rings. The Morgan fingerprint density at radius 2 is 1.71 bits per heavy atom. The van der Waals surface area contributed by atoms with Gasteiger partial charge in [0.05, 0.1) is 14.2 Å². The highest BCUT2D eigenvalue weighted by Gasteiger charge is 2.29. The van der Waals surface area contributed by atoms with Crippen LogP contribution in [0.4, 0.5) is 0 Å². The Morgan fingerprint density at radius 1 is 1.06 bits per heavy atom. The number of benzene rings is 2. The van der Waals surface area contributed by atoms with E-state index in [4.69, 9.17) is 32.7 Å². The van der Waals surface area contributed by atoms with E-state index in [-0.39, 0.29) is 30.8 Å². The Labute approximate surface area is 211 Å². The minimum absolute atomic E-state index is 0.153. The fraction of sp³-hybridized carbons (Fsp3) is 0.462. The number of amides is 2. The Bertz CT molecular complexity index is 988. The molecule has 2 aromatic carbocycles. The molecular weight excluding hydrogens is 475 g/mol. The fourth-order valence-corrected chi connectivity index (χ4v) is 4.78. The molecule has 1 N–H and O–H groups in total. The number of carbonyl (C=O) groups excluding carboxylic acids is 2. The van der Waals surface area contributed by atoms with Gasteiger partial charge in [-0.3, -0.25) is 9.59 Å². The molecule has 0 spiro atoms. The van der Waals surface area contributed by atoms with E-state index in [0.717, 1.165) is 31.2 Å². The summed E-state index contributed by atoms with van der Waals surface area (Å²) in [4.78, 5) is 28.0. The maximum Gasteiger partial charge on any atom is 0.242 e. The van der Waals surface area contributed by atoms with Crippen LogP contribution in [0.3, 0.4) is 0 Å². The molecule has 0 bridgehead atoms. The Kier molecular flexibility index (Phi) is 9.48. The summed E-state index contributed by atoms with van der Waals surface area (Å²) in [6.45, 7) is 1.91. The van der Waals surface area contributed by atoms with Crippen LogP contribution in [-0.4, -0.2) is 43.0 Å². The van der Waals surface area contributed by atoms with Gasteiger partial charge < -0.3 is 19.7 Å². The van der Waals surface area contributed by atoms with Gasteiger partial charge in [-0.25, -0.2) is 0 Å². The number of halogens is 2. The average molecular weight is 507 g/mol. The molecule has 1 saturated carbocycles. The summed E-state index contributed by atoms with van der Waals surface area (Å²) in [5, 5.41) is 4.03. The summed E-state index contributed by atoms with van der Waals surface area (Å²) >= 11 is 12.8. The molecule has 1 aliphatic rings. The van der Waals surface area contributed by atoms with Gasteiger partial charge in [0.25, 0.3) is 0 Å². The number of hydrogen-bond acceptors (Lipinski definition) is 4. The predicted octanol–water partition coefficient (Wildman–Crippen LogP) is 5.42. The largest absolute Gasteiger partial charge is 0.493 e. The quantitative estimate of drug-likeness (QED) is 0.467. The topological polar surface area (TPSA) is 67.9 Å². The Balaban J connectivity index is 1.77. The molecule has 1 unspecified atom stereocenters. The van der Waals surface area contributed by atoms with Crippen molar-refractivity contribution in [1.29, 1.82) is 0 Å². The van der Waals surface area contributed by atoms with Crippen LogP contribution in [0.15, 0.2) is 36.4 Å². The molecule has 2 aromatic rings. The third-order valence-electron chi connectivity index (χ3n) is 6.33. The lowest BCUT2D eigenvalue weighted by molar-refractivity contribution is -0.140. The molecule has 0 radical (unpaired) electrons. The van der Waals surface area contributed by atoms with E-state index in [1.165, 1.54) is 0 Å². The van der Waals surface area contributed by atoms with Gasteiger partial charge in [0.2, 0.25) is 11.8 Å². The summed E-state index contributed by atoms with van der Waals surface area (Å²) < 4.78 is 10.7. The SMILES string of the molecule is COc1ccc(CCC(=O)N(Cc2c(Cl)cccc2Cl)C(C)C(=O)NC2CCCC2)cc1OC. The number of nitrogens with one attached hydrogen (secondary N) is 1. The van der Waals surface area contributed by atoms with Gasteiger partial charge in [-0.15, -0.1) is 0 Å². The van der Waals surface area contributed by atoms with Crippen molar-refractivity contribution >= 4 is 35.0 Å². The highest BCUT2D eigenvalue weighted by molar-refractivity contribution is 6.36. The van der Waals surface area contributed by atoms with E-state index >= 15 is 0 Å². The molecule has 34 heavy (non-hydrogen) atoms. The number of hydrogen-bond donors (Lipinski definition) is 1. The molecule has 2 amide bonds. The van der Waals surface area contributed by atoms with Gasteiger partial charge in [0.15, 0.2) is 11.5 Å². The van der Waals surface area contributed by atoms with Crippen molar-refractivity contribution in [2.75, 3.05) is 14.2 Å². The second-order valence-electron chi connectivity index (χ2n) is 8.58. The Morgan fingerprint density at radius 3 is 2.32 bits per heavy atom. The molecule has 1 atom stereocenters. The van der Waals surface area contributed by atoms with Crippen molar-refractivity contribution in [2.45, 2.75) is 64.1 Å². The third kappa shape index (κ3) is 6.57. The fourth-order valence-electron chi connectivity index (χ4n) is 4.26. The van der Waals surface area contributed by atoms with E-state index in [2.05, 4.69) is 5.32 Å². The smallest absolute Gasteiger partial charge is 0.242 e. The summed E-state index contributed by atoms with van der Waals surface area (Å²) in [7, 11) is 3.16. The average Bonchev–Trinajstić information content (AvgIpc) is 3.34. The van der Waals surface area contributed by atoms with Crippen LogP contribution < -0.4 is 14.8 Å². The molecule has 3 rings (SSSR count). The van der Waals surface area contributed by atoms with Crippen LogP contribution >= 0.6 is 23.2 Å². The van der Waals surface area contributed by atoms with Crippen molar-refractivity contribution < 1.29 is 19.1 Å². The van der Waals surface area contributed by atoms with Crippen LogP contribution in [0.1, 0.15) is 50.2 Å². The number of ether oxygens (including phenoxy) is 2. The van der Waals surface area contributed by atoms with Gasteiger partial charge in [-0.05, 0) is 56.0 Å². The van der Waals surface area contributed by atoms with Crippen molar-refractivity contribution in [3.05, 3.63) is 57.6 Å². The third-order valence-corrected chi connectivity index (χ3v) is 7.04. The van der Waals surface area contributed by atoms with Crippen LogP contribution in [0.25, 0.3) is 0 Å². The van der Waals surface area contributed by atoms with Crippen LogP contribution in [-0.2, 0) is 22.6 Å². The van der Waals surface area contributed by atoms with Gasteiger partial charge in [0.1, 0.15) is 6.04 Å². The highest BCUT2D eigenvalue weighted by atomic mass is 35.5. The second kappa shape index (κ2) is 12.3. The summed E-state index contributed by atoms with van der Waals surface area (Å²) in [5.41, 5.74) is 1.57. The molecule has 184 valence electrons. The van der Waals surface area contributed by atoms with E-state index in [1.54, 1.807) is 44.2 Å². The molecule has 0 aliphatic heterocycles. The normalized spacial score (nSPS) is 14.5. The van der Waals surface area contributed by atoms with Crippen molar-refractivity contribution in [2.24, 2.45) is 0 Å². The van der Waals surface area contributed by atoms with E-state index in [9.17, 15) is 9.59 Å². The summed E-state index contributed by atoms with van der Waals surface area (Å²) in [6, 6.07) is 10.3. The molecule has 0 heterocycles. The molecule has 6 nitrogen and oxygen atoms in total. The van der Waals surface area contributed by atoms with Crippen LogP contribution in [0.5, 0.6) is 11.5 Å². The number of aryl methyl sites for hydroxylation is 1. The minimum atomic E-state index is -0.661. The maximum atomic E-state index is 13.4. The van der Waals surface area contributed by atoms with Crippen molar-refractivity contribution in [1.82, 2.24) is 10.2 Å². The lowest BCUT2D eigenvalue weighted by Crippen LogP contribution is -2.49. The van der Waals surface area contributed by atoms with Crippen molar-refractivity contribution in [3.63, 3.8) is 0 Å². The van der Waals surface area contributed by atoms with Crippen LogP contribution in [0, 0.1) is 0 Å². The predicted molar refractivity (Wildman–Crippen MR) is 135 cm³/mol. The first-order chi connectivity index (χ1) is 16.3. The zero-order chi connectivity index (χ0) is 24.7.